The largest absolute Gasteiger partial charge is 2.00 e. The minimum Gasteiger partial charge on any atom is -1.00 e. The summed E-state index contributed by atoms with van der Waals surface area (Å²) in [7, 11) is 0.843. The summed E-state index contributed by atoms with van der Waals surface area (Å²) >= 11 is 0. The summed E-state index contributed by atoms with van der Waals surface area (Å²) in [4.78, 5) is 0. The number of hydrogen-bond acceptors (Lipinski definition) is 1. The molecule has 0 aliphatic carbocycles. The molecule has 0 heterocycles. The first-order valence-electron chi connectivity index (χ1n) is 6.70. The first kappa shape index (κ1) is 24.4. The molecule has 0 aromatic heterocycles. The van der Waals surface area contributed by atoms with Gasteiger partial charge >= 0.3 is 23.1 Å². The molecule has 0 saturated carbocycles. The first-order chi connectivity index (χ1) is 7.37. The molecule has 0 N–H and O–H groups in total. The summed E-state index contributed by atoms with van der Waals surface area (Å²) in [6.45, 7) is 11.3. The van der Waals surface area contributed by atoms with Crippen LogP contribution in [-0.2, 0) is 4.43 Å². The van der Waals surface area contributed by atoms with E-state index in [0.717, 1.165) is 10.5 Å². The van der Waals surface area contributed by atoms with Crippen molar-refractivity contribution in [3.05, 3.63) is 6.42 Å². The van der Waals surface area contributed by atoms with E-state index in [0.29, 0.717) is 0 Å². The maximum absolute atomic E-state index is 5.86. The average molecular weight is 348 g/mol. The molecular formula is C14H31BrMgOSi. The Labute approximate surface area is 145 Å². The maximum Gasteiger partial charge on any atom is 2.00 e. The van der Waals surface area contributed by atoms with Crippen molar-refractivity contribution in [2.45, 2.75) is 78.7 Å². The van der Waals surface area contributed by atoms with Crippen LogP contribution in [-0.4, -0.2) is 39.1 Å². The second-order valence-electron chi connectivity index (χ2n) is 6.05. The van der Waals surface area contributed by atoms with E-state index in [1.54, 1.807) is 0 Å². The second kappa shape index (κ2) is 12.2. The van der Waals surface area contributed by atoms with Gasteiger partial charge in [-0.2, -0.15) is 13.3 Å². The Balaban J connectivity index is -0.00000112. The zero-order valence-corrected chi connectivity index (χ0v) is 18.3. The van der Waals surface area contributed by atoms with Crippen molar-refractivity contribution in [2.75, 3.05) is 0 Å². The molecule has 0 aromatic carbocycles. The van der Waals surface area contributed by atoms with Gasteiger partial charge in [0.2, 0.25) is 0 Å². The Kier molecular flexibility index (Phi) is 16.5. The molecule has 0 spiro atoms. The van der Waals surface area contributed by atoms with Crippen LogP contribution in [0.5, 0.6) is 0 Å². The van der Waals surface area contributed by atoms with Crippen LogP contribution in [0.4, 0.5) is 0 Å². The van der Waals surface area contributed by atoms with Crippen LogP contribution in [0.2, 0.25) is 0 Å². The van der Waals surface area contributed by atoms with Crippen molar-refractivity contribution in [3.8, 4) is 0 Å². The molecule has 0 aliphatic rings. The van der Waals surface area contributed by atoms with Crippen LogP contribution in [0, 0.1) is 11.8 Å². The van der Waals surface area contributed by atoms with Gasteiger partial charge in [-0.3, -0.25) is 0 Å². The number of unbranched alkanes of at least 4 members (excludes halogenated alkanes) is 5. The van der Waals surface area contributed by atoms with Crippen molar-refractivity contribution in [3.63, 3.8) is 0 Å². The minimum absolute atomic E-state index is 0. The van der Waals surface area contributed by atoms with Crippen LogP contribution in [0.1, 0.15) is 73.1 Å². The van der Waals surface area contributed by atoms with Gasteiger partial charge in [-0.1, -0.05) is 46.5 Å². The predicted octanol–water partition coefficient (Wildman–Crippen LogP) is 0.276. The molecule has 106 valence electrons. The van der Waals surface area contributed by atoms with Gasteiger partial charge in [-0.25, -0.2) is 0 Å². The predicted molar refractivity (Wildman–Crippen MR) is 82.3 cm³/mol. The zero-order chi connectivity index (χ0) is 12.7. The average Bonchev–Trinajstić information content (AvgIpc) is 2.21. The number of rotatable bonds is 8. The van der Waals surface area contributed by atoms with Crippen molar-refractivity contribution in [1.29, 1.82) is 0 Å². The van der Waals surface area contributed by atoms with E-state index in [-0.39, 0.29) is 51.1 Å². The van der Waals surface area contributed by atoms with E-state index in [4.69, 9.17) is 4.43 Å². The molecule has 4 heteroatoms. The molecule has 1 atom stereocenters. The fourth-order valence-corrected chi connectivity index (χ4v) is 2.76. The van der Waals surface area contributed by atoms with Gasteiger partial charge in [-0.15, -0.1) is 0 Å². The van der Waals surface area contributed by atoms with E-state index in [1.807, 2.05) is 0 Å². The van der Waals surface area contributed by atoms with Crippen molar-refractivity contribution in [1.82, 2.24) is 0 Å². The summed E-state index contributed by atoms with van der Waals surface area (Å²) in [5.41, 5.74) is 0.335. The normalized spacial score (nSPS) is 14.5. The molecule has 0 rings (SSSR count). The molecule has 0 radical (unpaired) electrons. The number of hydrogen-bond donors (Lipinski definition) is 0. The van der Waals surface area contributed by atoms with Crippen LogP contribution in [0.3, 0.4) is 0 Å². The zero-order valence-electron chi connectivity index (χ0n) is 13.3. The molecule has 0 saturated heterocycles. The SMILES string of the molecule is C[CH-]CCCCCCC(C)(O[SiH3])C(C)(C)C.[Br-].[Mg+2]. The summed E-state index contributed by atoms with van der Waals surface area (Å²) in [6, 6.07) is 0. The van der Waals surface area contributed by atoms with E-state index < -0.39 is 0 Å². The van der Waals surface area contributed by atoms with Crippen LogP contribution in [0.25, 0.3) is 0 Å². The smallest absolute Gasteiger partial charge is 1.00 e. The van der Waals surface area contributed by atoms with Gasteiger partial charge < -0.3 is 27.8 Å². The Morgan fingerprint density at radius 1 is 1.00 bits per heavy atom. The van der Waals surface area contributed by atoms with Gasteiger partial charge in [0.1, 0.15) is 10.5 Å². The van der Waals surface area contributed by atoms with Gasteiger partial charge in [0, 0.05) is 0 Å². The Bertz CT molecular complexity index is 185. The second-order valence-corrected chi connectivity index (χ2v) is 6.45. The van der Waals surface area contributed by atoms with E-state index in [1.165, 1.54) is 38.5 Å². The maximum atomic E-state index is 5.86. The minimum atomic E-state index is 0. The summed E-state index contributed by atoms with van der Waals surface area (Å²) in [5.74, 6) is 0. The van der Waals surface area contributed by atoms with Crippen molar-refractivity contribution < 1.29 is 21.4 Å². The summed E-state index contributed by atoms with van der Waals surface area (Å²) < 4.78 is 5.86. The third-order valence-corrected chi connectivity index (χ3v) is 4.83. The molecular weight excluding hydrogens is 316 g/mol. The topological polar surface area (TPSA) is 9.23 Å². The molecule has 18 heavy (non-hydrogen) atoms. The summed E-state index contributed by atoms with van der Waals surface area (Å²) in [5, 5.41) is 0. The van der Waals surface area contributed by atoms with E-state index in [9.17, 15) is 0 Å². The van der Waals surface area contributed by atoms with Gasteiger partial charge in [0.25, 0.3) is 0 Å². The Hall–Kier alpha value is 1.42. The molecule has 1 nitrogen and oxygen atoms in total. The Morgan fingerprint density at radius 3 is 1.89 bits per heavy atom. The van der Waals surface area contributed by atoms with Crippen LogP contribution >= 0.6 is 0 Å². The molecule has 0 fully saturated rings. The van der Waals surface area contributed by atoms with E-state index >= 15 is 0 Å². The third kappa shape index (κ3) is 9.35. The molecule has 0 amide bonds. The molecule has 0 aliphatic heterocycles. The summed E-state index contributed by atoms with van der Waals surface area (Å²) in [6.07, 6.45) is 10.1. The van der Waals surface area contributed by atoms with Crippen molar-refractivity contribution >= 4 is 33.5 Å². The van der Waals surface area contributed by atoms with E-state index in [2.05, 4.69) is 41.0 Å². The third-order valence-electron chi connectivity index (χ3n) is 3.93. The fourth-order valence-electron chi connectivity index (χ4n) is 1.95. The van der Waals surface area contributed by atoms with Crippen LogP contribution < -0.4 is 17.0 Å². The quantitative estimate of drug-likeness (QED) is 0.348. The van der Waals surface area contributed by atoms with Gasteiger partial charge in [-0.05, 0) is 18.8 Å². The monoisotopic (exact) mass is 346 g/mol. The van der Waals surface area contributed by atoms with Crippen molar-refractivity contribution in [2.24, 2.45) is 5.41 Å². The number of halogens is 1. The fraction of sp³-hybridized carbons (Fsp3) is 0.929. The van der Waals surface area contributed by atoms with Crippen LogP contribution in [0.15, 0.2) is 0 Å². The van der Waals surface area contributed by atoms with Gasteiger partial charge in [0.05, 0.1) is 5.60 Å². The first-order valence-corrected chi connectivity index (χ1v) is 7.52. The van der Waals surface area contributed by atoms with Gasteiger partial charge in [0.15, 0.2) is 0 Å². The Morgan fingerprint density at radius 2 is 1.50 bits per heavy atom. The molecule has 0 bridgehead atoms. The standard InChI is InChI=1S/C14H31OSi.BrH.Mg/c1-6-7-8-9-10-11-12-14(5,15-16)13(2,3)4;;/h6H,7-12H2,1-5,16H3;1H;/q-1;;+2/p-1. The molecule has 0 aromatic rings. The molecule has 1 unspecified atom stereocenters.